The van der Waals surface area contributed by atoms with Crippen molar-refractivity contribution in [2.24, 2.45) is 5.73 Å². The van der Waals surface area contributed by atoms with Crippen LogP contribution in [0.25, 0.3) is 5.65 Å². The number of rotatable bonds is 4. The fraction of sp³-hybridized carbons (Fsp3) is 0.417. The molecule has 0 aliphatic heterocycles. The summed E-state index contributed by atoms with van der Waals surface area (Å²) in [6, 6.07) is 4.12. The minimum atomic E-state index is 0.684. The van der Waals surface area contributed by atoms with Gasteiger partial charge in [0, 0.05) is 32.0 Å². The maximum Gasteiger partial charge on any atom is 0.137 e. The van der Waals surface area contributed by atoms with Gasteiger partial charge in [-0.2, -0.15) is 0 Å². The van der Waals surface area contributed by atoms with Crippen LogP contribution in [0, 0.1) is 6.92 Å². The number of hydrogen-bond acceptors (Lipinski definition) is 3. The monoisotopic (exact) mass is 218 g/mol. The van der Waals surface area contributed by atoms with E-state index < -0.39 is 0 Å². The van der Waals surface area contributed by atoms with Gasteiger partial charge in [0.1, 0.15) is 5.65 Å². The van der Waals surface area contributed by atoms with Crippen LogP contribution in [0.1, 0.15) is 11.3 Å². The molecule has 4 nitrogen and oxygen atoms in total. The van der Waals surface area contributed by atoms with Crippen molar-refractivity contribution >= 4 is 5.65 Å². The summed E-state index contributed by atoms with van der Waals surface area (Å²) in [5.41, 5.74) is 8.84. The Hall–Kier alpha value is -1.39. The summed E-state index contributed by atoms with van der Waals surface area (Å²) in [7, 11) is 2.06. The van der Waals surface area contributed by atoms with Crippen LogP contribution in [0.3, 0.4) is 0 Å². The summed E-state index contributed by atoms with van der Waals surface area (Å²) >= 11 is 0. The van der Waals surface area contributed by atoms with E-state index >= 15 is 0 Å². The number of aromatic nitrogens is 2. The van der Waals surface area contributed by atoms with E-state index in [1.54, 1.807) is 0 Å². The maximum absolute atomic E-state index is 5.51. The van der Waals surface area contributed by atoms with Crippen molar-refractivity contribution in [1.29, 1.82) is 0 Å². The molecule has 2 heterocycles. The van der Waals surface area contributed by atoms with E-state index in [0.29, 0.717) is 6.54 Å². The predicted octanol–water partition coefficient (Wildman–Crippen LogP) is 1.03. The quantitative estimate of drug-likeness (QED) is 0.834. The fourth-order valence-corrected chi connectivity index (χ4v) is 1.81. The molecule has 0 aliphatic carbocycles. The molecule has 2 N–H and O–H groups in total. The number of hydrogen-bond donors (Lipinski definition) is 1. The zero-order valence-corrected chi connectivity index (χ0v) is 9.85. The van der Waals surface area contributed by atoms with E-state index in [-0.39, 0.29) is 0 Å². The van der Waals surface area contributed by atoms with Crippen molar-refractivity contribution < 1.29 is 0 Å². The van der Waals surface area contributed by atoms with Crippen molar-refractivity contribution in [1.82, 2.24) is 14.3 Å². The van der Waals surface area contributed by atoms with Gasteiger partial charge < -0.3 is 10.1 Å². The zero-order chi connectivity index (χ0) is 11.5. The lowest BCUT2D eigenvalue weighted by atomic mass is 10.3. The second kappa shape index (κ2) is 4.63. The van der Waals surface area contributed by atoms with Gasteiger partial charge in [0.25, 0.3) is 0 Å². The second-order valence-electron chi connectivity index (χ2n) is 4.23. The van der Waals surface area contributed by atoms with Gasteiger partial charge in [0.05, 0.1) is 5.69 Å². The van der Waals surface area contributed by atoms with Gasteiger partial charge in [0.15, 0.2) is 0 Å². The van der Waals surface area contributed by atoms with E-state index in [4.69, 9.17) is 5.73 Å². The minimum absolute atomic E-state index is 0.684. The van der Waals surface area contributed by atoms with Crippen molar-refractivity contribution in [3.63, 3.8) is 0 Å². The Balaban J connectivity index is 2.19. The molecule has 0 aromatic carbocycles. The number of imidazole rings is 1. The molecule has 0 aliphatic rings. The van der Waals surface area contributed by atoms with Crippen LogP contribution < -0.4 is 5.73 Å². The molecule has 0 fully saturated rings. The number of nitrogens with zero attached hydrogens (tertiary/aromatic N) is 3. The highest BCUT2D eigenvalue weighted by molar-refractivity contribution is 5.41. The highest BCUT2D eigenvalue weighted by Crippen LogP contribution is 2.08. The molecule has 0 atom stereocenters. The van der Waals surface area contributed by atoms with Crippen LogP contribution in [-0.2, 0) is 6.54 Å². The molecule has 2 aromatic rings. The Morgan fingerprint density at radius 3 is 2.94 bits per heavy atom. The highest BCUT2D eigenvalue weighted by Gasteiger charge is 2.04. The fourth-order valence-electron chi connectivity index (χ4n) is 1.81. The lowest BCUT2D eigenvalue weighted by Gasteiger charge is -2.12. The van der Waals surface area contributed by atoms with Gasteiger partial charge in [-0.25, -0.2) is 4.98 Å². The van der Waals surface area contributed by atoms with Crippen molar-refractivity contribution in [3.8, 4) is 0 Å². The standard InChI is InChI=1S/C12H18N4/c1-10-3-4-12-14-11(9-16(12)7-10)8-15(2)6-5-13/h3-4,7,9H,5-6,8,13H2,1-2H3. The lowest BCUT2D eigenvalue weighted by Crippen LogP contribution is -2.25. The zero-order valence-electron chi connectivity index (χ0n) is 9.85. The number of nitrogens with two attached hydrogens (primary N) is 1. The highest BCUT2D eigenvalue weighted by atomic mass is 15.1. The normalized spacial score (nSPS) is 11.5. The molecular weight excluding hydrogens is 200 g/mol. The van der Waals surface area contributed by atoms with Crippen molar-refractivity contribution in [2.45, 2.75) is 13.5 Å². The molecule has 16 heavy (non-hydrogen) atoms. The van der Waals surface area contributed by atoms with Crippen LogP contribution in [0.4, 0.5) is 0 Å². The molecule has 2 rings (SSSR count). The summed E-state index contributed by atoms with van der Waals surface area (Å²) in [5.74, 6) is 0. The van der Waals surface area contributed by atoms with E-state index in [0.717, 1.165) is 24.4 Å². The minimum Gasteiger partial charge on any atom is -0.329 e. The molecule has 86 valence electrons. The number of pyridine rings is 1. The third-order valence-corrected chi connectivity index (χ3v) is 2.59. The summed E-state index contributed by atoms with van der Waals surface area (Å²) in [6.07, 6.45) is 4.17. The summed E-state index contributed by atoms with van der Waals surface area (Å²) < 4.78 is 2.07. The Bertz CT molecular complexity index is 475. The van der Waals surface area contributed by atoms with E-state index in [2.05, 4.69) is 46.7 Å². The van der Waals surface area contributed by atoms with Gasteiger partial charge >= 0.3 is 0 Å². The molecule has 0 amide bonds. The number of likely N-dealkylation sites (N-methyl/N-ethyl adjacent to an activating group) is 1. The first-order chi connectivity index (χ1) is 7.69. The number of fused-ring (bicyclic) bond motifs is 1. The summed E-state index contributed by atoms with van der Waals surface area (Å²) in [6.45, 7) is 4.51. The average Bonchev–Trinajstić information content (AvgIpc) is 2.59. The second-order valence-corrected chi connectivity index (χ2v) is 4.23. The van der Waals surface area contributed by atoms with Gasteiger partial charge in [-0.15, -0.1) is 0 Å². The van der Waals surface area contributed by atoms with Crippen molar-refractivity contribution in [3.05, 3.63) is 35.8 Å². The molecular formula is C12H18N4. The molecule has 4 heteroatoms. The predicted molar refractivity (Wildman–Crippen MR) is 65.3 cm³/mol. The van der Waals surface area contributed by atoms with Crippen LogP contribution in [-0.4, -0.2) is 34.4 Å². The first-order valence-electron chi connectivity index (χ1n) is 5.52. The molecule has 0 unspecified atom stereocenters. The SMILES string of the molecule is Cc1ccc2nc(CN(C)CCN)cn2c1. The third kappa shape index (κ3) is 2.40. The van der Waals surface area contributed by atoms with Gasteiger partial charge in [-0.1, -0.05) is 6.07 Å². The van der Waals surface area contributed by atoms with E-state index in [1.807, 2.05) is 6.07 Å². The molecule has 0 bridgehead atoms. The number of aryl methyl sites for hydroxylation is 1. The molecule has 2 aromatic heterocycles. The van der Waals surface area contributed by atoms with E-state index in [9.17, 15) is 0 Å². The smallest absolute Gasteiger partial charge is 0.137 e. The Labute approximate surface area is 95.7 Å². The molecule has 0 saturated carbocycles. The summed E-state index contributed by atoms with van der Waals surface area (Å²) in [4.78, 5) is 6.73. The lowest BCUT2D eigenvalue weighted by molar-refractivity contribution is 0.333. The van der Waals surface area contributed by atoms with Crippen LogP contribution in [0.15, 0.2) is 24.5 Å². The van der Waals surface area contributed by atoms with Crippen LogP contribution in [0.2, 0.25) is 0 Å². The Morgan fingerprint density at radius 1 is 1.38 bits per heavy atom. The van der Waals surface area contributed by atoms with Gasteiger partial charge in [-0.05, 0) is 25.6 Å². The summed E-state index contributed by atoms with van der Waals surface area (Å²) in [5, 5.41) is 0. The van der Waals surface area contributed by atoms with Crippen molar-refractivity contribution in [2.75, 3.05) is 20.1 Å². The van der Waals surface area contributed by atoms with Crippen LogP contribution >= 0.6 is 0 Å². The third-order valence-electron chi connectivity index (χ3n) is 2.59. The van der Waals surface area contributed by atoms with E-state index in [1.165, 1.54) is 5.56 Å². The Morgan fingerprint density at radius 2 is 2.19 bits per heavy atom. The molecule has 0 saturated heterocycles. The van der Waals surface area contributed by atoms with Crippen LogP contribution in [0.5, 0.6) is 0 Å². The first-order valence-corrected chi connectivity index (χ1v) is 5.52. The Kier molecular flexibility index (Phi) is 3.22. The maximum atomic E-state index is 5.51. The molecule has 0 radical (unpaired) electrons. The first kappa shape index (κ1) is 11.1. The molecule has 0 spiro atoms. The van der Waals surface area contributed by atoms with Gasteiger partial charge in [-0.3, -0.25) is 4.90 Å². The topological polar surface area (TPSA) is 46.6 Å². The largest absolute Gasteiger partial charge is 0.329 e. The average molecular weight is 218 g/mol. The van der Waals surface area contributed by atoms with Gasteiger partial charge in [0.2, 0.25) is 0 Å².